The molecular formula is C22H27F6N3O7. The van der Waals surface area contributed by atoms with E-state index in [4.69, 9.17) is 29.4 Å². The fourth-order valence-electron chi connectivity index (χ4n) is 4.24. The van der Waals surface area contributed by atoms with Crippen molar-refractivity contribution in [2.45, 2.75) is 51.2 Å². The number of hydroxylamine groups is 2. The highest BCUT2D eigenvalue weighted by molar-refractivity contribution is 5.83. The van der Waals surface area contributed by atoms with Gasteiger partial charge < -0.3 is 14.9 Å². The van der Waals surface area contributed by atoms with Gasteiger partial charge in [-0.05, 0) is 38.3 Å². The summed E-state index contributed by atoms with van der Waals surface area (Å²) in [6.07, 6.45) is -7.54. The molecule has 0 radical (unpaired) electrons. The highest BCUT2D eigenvalue weighted by Gasteiger charge is 2.55. The SMILES string of the molecule is Cc1cccc(CN2CC[C@H]3OCC[C@@]3(C(=O)N3CCCO3)C2)n1.O=C(O)C(F)(F)F.O=C(O)C(F)(F)F. The van der Waals surface area contributed by atoms with E-state index < -0.39 is 29.7 Å². The number of alkyl halides is 6. The minimum Gasteiger partial charge on any atom is -0.475 e. The number of nitrogens with zero attached hydrogens (tertiary/aromatic N) is 3. The van der Waals surface area contributed by atoms with E-state index in [9.17, 15) is 31.1 Å². The lowest BCUT2D eigenvalue weighted by Gasteiger charge is -2.43. The van der Waals surface area contributed by atoms with Crippen molar-refractivity contribution < 1.29 is 60.5 Å². The first-order chi connectivity index (χ1) is 17.6. The standard InChI is InChI=1S/C18H25N3O3.2C2HF3O2/c1-14-4-2-5-15(19-14)12-20-9-6-16-18(13-20,7-11-23-16)17(22)21-8-3-10-24-21;2*3-2(4,5)1(6)7/h2,4-5,16H,3,6-13H2,1H3;2*(H,6,7)/t16-,18-;;/m1../s1. The van der Waals surface area contributed by atoms with Crippen LogP contribution >= 0.6 is 0 Å². The molecule has 0 unspecified atom stereocenters. The summed E-state index contributed by atoms with van der Waals surface area (Å²) >= 11 is 0. The van der Waals surface area contributed by atoms with Crippen molar-refractivity contribution in [3.63, 3.8) is 0 Å². The third kappa shape index (κ3) is 8.52. The first-order valence-corrected chi connectivity index (χ1v) is 11.4. The first kappa shape index (κ1) is 31.2. The molecule has 2 N–H and O–H groups in total. The summed E-state index contributed by atoms with van der Waals surface area (Å²) in [7, 11) is 0. The maximum Gasteiger partial charge on any atom is 0.490 e. The summed E-state index contributed by atoms with van der Waals surface area (Å²) < 4.78 is 69.4. The highest BCUT2D eigenvalue weighted by atomic mass is 19.4. The number of aliphatic carboxylic acids is 2. The number of likely N-dealkylation sites (tertiary alicyclic amines) is 1. The second-order valence-electron chi connectivity index (χ2n) is 8.74. The van der Waals surface area contributed by atoms with Gasteiger partial charge in [-0.25, -0.2) is 14.7 Å². The van der Waals surface area contributed by atoms with Gasteiger partial charge in [0, 0.05) is 31.9 Å². The predicted octanol–water partition coefficient (Wildman–Crippen LogP) is 2.80. The van der Waals surface area contributed by atoms with Crippen LogP contribution in [-0.2, 0) is 30.5 Å². The monoisotopic (exact) mass is 559 g/mol. The Morgan fingerprint density at radius 2 is 1.66 bits per heavy atom. The van der Waals surface area contributed by atoms with Crippen LogP contribution in [-0.4, -0.2) is 94.3 Å². The zero-order valence-electron chi connectivity index (χ0n) is 20.2. The number of piperidine rings is 1. The molecule has 0 saturated carbocycles. The number of aryl methyl sites for hydroxylation is 1. The average Bonchev–Trinajstić information content (AvgIpc) is 3.49. The van der Waals surface area contributed by atoms with Crippen LogP contribution in [0.15, 0.2) is 18.2 Å². The zero-order valence-corrected chi connectivity index (χ0v) is 20.2. The predicted molar refractivity (Wildman–Crippen MR) is 115 cm³/mol. The number of hydrogen-bond acceptors (Lipinski definition) is 7. The summed E-state index contributed by atoms with van der Waals surface area (Å²) in [5.41, 5.74) is 1.64. The summed E-state index contributed by atoms with van der Waals surface area (Å²) in [6, 6.07) is 6.11. The van der Waals surface area contributed by atoms with Gasteiger partial charge in [0.15, 0.2) is 0 Å². The number of fused-ring (bicyclic) bond motifs is 1. The van der Waals surface area contributed by atoms with Crippen molar-refractivity contribution in [3.05, 3.63) is 29.6 Å². The molecule has 3 saturated heterocycles. The molecule has 2 atom stereocenters. The minimum atomic E-state index is -5.08. The molecule has 1 aromatic heterocycles. The summed E-state index contributed by atoms with van der Waals surface area (Å²) in [5, 5.41) is 15.8. The molecule has 4 rings (SSSR count). The molecule has 0 spiro atoms. The van der Waals surface area contributed by atoms with E-state index in [0.29, 0.717) is 19.8 Å². The van der Waals surface area contributed by atoms with Crippen LogP contribution in [0.25, 0.3) is 0 Å². The van der Waals surface area contributed by atoms with Gasteiger partial charge in [0.1, 0.15) is 0 Å². The second kappa shape index (κ2) is 12.7. The van der Waals surface area contributed by atoms with Crippen molar-refractivity contribution in [3.8, 4) is 0 Å². The normalized spacial score (nSPS) is 23.4. The Kier molecular flexibility index (Phi) is 10.4. The van der Waals surface area contributed by atoms with Crippen molar-refractivity contribution in [2.75, 3.05) is 32.8 Å². The molecule has 1 amide bonds. The quantitative estimate of drug-likeness (QED) is 0.537. The smallest absolute Gasteiger partial charge is 0.475 e. The molecule has 1 aromatic rings. The van der Waals surface area contributed by atoms with E-state index in [2.05, 4.69) is 16.0 Å². The van der Waals surface area contributed by atoms with Crippen LogP contribution in [0.5, 0.6) is 0 Å². The number of carbonyl (C=O) groups excluding carboxylic acids is 1. The van der Waals surface area contributed by atoms with Crippen LogP contribution < -0.4 is 0 Å². The Bertz CT molecular complexity index is 961. The molecular weight excluding hydrogens is 532 g/mol. The first-order valence-electron chi connectivity index (χ1n) is 11.4. The molecule has 0 bridgehead atoms. The Hall–Kier alpha value is -2.98. The third-order valence-electron chi connectivity index (χ3n) is 5.92. The van der Waals surface area contributed by atoms with Gasteiger partial charge >= 0.3 is 24.3 Å². The third-order valence-corrected chi connectivity index (χ3v) is 5.92. The van der Waals surface area contributed by atoms with E-state index in [0.717, 1.165) is 50.3 Å². The number of amides is 1. The van der Waals surface area contributed by atoms with Gasteiger partial charge in [0.05, 0.1) is 30.4 Å². The fourth-order valence-corrected chi connectivity index (χ4v) is 4.24. The molecule has 3 aliphatic heterocycles. The van der Waals surface area contributed by atoms with Crippen LogP contribution in [0.3, 0.4) is 0 Å². The lowest BCUT2D eigenvalue weighted by molar-refractivity contribution is -0.193. The van der Waals surface area contributed by atoms with E-state index in [1.807, 2.05) is 19.1 Å². The Balaban J connectivity index is 0.000000301. The maximum atomic E-state index is 13.1. The maximum absolute atomic E-state index is 13.1. The molecule has 10 nitrogen and oxygen atoms in total. The number of carboxylic acids is 2. The number of carbonyl (C=O) groups is 3. The van der Waals surface area contributed by atoms with Crippen LogP contribution in [0.1, 0.15) is 30.7 Å². The van der Waals surface area contributed by atoms with E-state index >= 15 is 0 Å². The number of carboxylic acid groups (broad SMARTS) is 2. The van der Waals surface area contributed by atoms with Crippen LogP contribution in [0, 0.1) is 12.3 Å². The highest BCUT2D eigenvalue weighted by Crippen LogP contribution is 2.43. The lowest BCUT2D eigenvalue weighted by Crippen LogP contribution is -2.57. The van der Waals surface area contributed by atoms with Crippen LogP contribution in [0.4, 0.5) is 26.3 Å². The fraction of sp³-hybridized carbons (Fsp3) is 0.636. The van der Waals surface area contributed by atoms with Gasteiger partial charge in [0.2, 0.25) is 0 Å². The lowest BCUT2D eigenvalue weighted by atomic mass is 9.75. The number of hydrogen-bond donors (Lipinski definition) is 2. The molecule has 0 aromatic carbocycles. The molecule has 4 heterocycles. The van der Waals surface area contributed by atoms with Gasteiger partial charge in [0.25, 0.3) is 5.91 Å². The number of ether oxygens (including phenoxy) is 1. The van der Waals surface area contributed by atoms with Crippen molar-refractivity contribution in [1.82, 2.24) is 14.9 Å². The number of aromatic nitrogens is 1. The number of halogens is 6. The summed E-state index contributed by atoms with van der Waals surface area (Å²) in [6.45, 7) is 6.47. The molecule has 0 aliphatic carbocycles. The average molecular weight is 559 g/mol. The Labute approximate surface area is 213 Å². The molecule has 16 heteroatoms. The van der Waals surface area contributed by atoms with Crippen molar-refractivity contribution >= 4 is 17.8 Å². The Morgan fingerprint density at radius 3 is 2.16 bits per heavy atom. The Morgan fingerprint density at radius 1 is 1.05 bits per heavy atom. The van der Waals surface area contributed by atoms with Gasteiger partial charge in [-0.2, -0.15) is 26.3 Å². The van der Waals surface area contributed by atoms with Crippen LogP contribution in [0.2, 0.25) is 0 Å². The van der Waals surface area contributed by atoms with E-state index in [1.54, 1.807) is 5.06 Å². The number of rotatable bonds is 3. The topological polar surface area (TPSA) is 130 Å². The summed E-state index contributed by atoms with van der Waals surface area (Å²) in [4.78, 5) is 43.4. The van der Waals surface area contributed by atoms with E-state index in [1.165, 1.54) is 0 Å². The van der Waals surface area contributed by atoms with E-state index in [-0.39, 0.29) is 12.0 Å². The van der Waals surface area contributed by atoms with Gasteiger partial charge in [-0.15, -0.1) is 0 Å². The molecule has 38 heavy (non-hydrogen) atoms. The summed E-state index contributed by atoms with van der Waals surface area (Å²) in [5.74, 6) is -5.40. The zero-order chi connectivity index (χ0) is 28.7. The van der Waals surface area contributed by atoms with Gasteiger partial charge in [-0.3, -0.25) is 19.5 Å². The molecule has 214 valence electrons. The van der Waals surface area contributed by atoms with Crippen molar-refractivity contribution in [1.29, 1.82) is 0 Å². The molecule has 3 fully saturated rings. The largest absolute Gasteiger partial charge is 0.490 e. The second-order valence-corrected chi connectivity index (χ2v) is 8.74. The van der Waals surface area contributed by atoms with Crippen molar-refractivity contribution in [2.24, 2.45) is 5.41 Å². The minimum absolute atomic E-state index is 0.0240. The number of pyridine rings is 1. The molecule has 3 aliphatic rings. The van der Waals surface area contributed by atoms with Gasteiger partial charge in [-0.1, -0.05) is 6.07 Å².